The number of imide groups is 1. The molecule has 1 aliphatic rings. The molecule has 0 aliphatic carbocycles. The predicted octanol–water partition coefficient (Wildman–Crippen LogP) is 4.42. The maximum absolute atomic E-state index is 15.2. The van der Waals surface area contributed by atoms with Crippen LogP contribution >= 0.6 is 0 Å². The van der Waals surface area contributed by atoms with E-state index in [2.05, 4.69) is 0 Å². The molecule has 0 saturated carbocycles. The molecule has 194 valence electrons. The minimum Gasteiger partial charge on any atom is -0.368 e. The normalized spacial score (nSPS) is 14.7. The van der Waals surface area contributed by atoms with Gasteiger partial charge in [0.2, 0.25) is 5.91 Å². The second kappa shape index (κ2) is 9.29. The molecule has 13 heteroatoms. The molecule has 0 fully saturated rings. The van der Waals surface area contributed by atoms with E-state index in [1.165, 1.54) is 24.3 Å². The first kappa shape index (κ1) is 26.3. The van der Waals surface area contributed by atoms with Crippen molar-refractivity contribution >= 4 is 17.7 Å². The Morgan fingerprint density at radius 3 is 1.71 bits per heavy atom. The summed E-state index contributed by atoms with van der Waals surface area (Å²) in [6, 6.07) is 8.57. The number of primary amides is 1. The smallest absolute Gasteiger partial charge is 0.368 e. The fourth-order valence-corrected chi connectivity index (χ4v) is 4.34. The summed E-state index contributed by atoms with van der Waals surface area (Å²) in [5.74, 6) is -16.9. The summed E-state index contributed by atoms with van der Waals surface area (Å²) < 4.78 is 99.1. The van der Waals surface area contributed by atoms with Crippen LogP contribution in [0, 0.1) is 34.6 Å². The zero-order valence-corrected chi connectivity index (χ0v) is 18.6. The number of carbonyl (C=O) groups is 3. The van der Waals surface area contributed by atoms with Crippen molar-refractivity contribution in [3.05, 3.63) is 105 Å². The molecule has 3 aromatic carbocycles. The minimum atomic E-state index is -5.84. The fourth-order valence-electron chi connectivity index (χ4n) is 4.34. The van der Waals surface area contributed by atoms with Gasteiger partial charge in [0.1, 0.15) is 11.6 Å². The number of fused-ring (bicyclic) bond motifs is 1. The number of carbonyl (C=O) groups excluding carboxylic acids is 3. The Labute approximate surface area is 208 Å². The van der Waals surface area contributed by atoms with E-state index in [9.17, 15) is 36.3 Å². The molecule has 3 amide bonds. The number of rotatable bonds is 5. The van der Waals surface area contributed by atoms with Crippen LogP contribution in [0.15, 0.2) is 48.5 Å². The number of amides is 3. The highest BCUT2D eigenvalue weighted by molar-refractivity contribution is 6.23. The first-order valence-corrected chi connectivity index (χ1v) is 10.5. The minimum absolute atomic E-state index is 0.0189. The Morgan fingerprint density at radius 2 is 1.32 bits per heavy atom. The van der Waals surface area contributed by atoms with Crippen LogP contribution in [-0.4, -0.2) is 28.7 Å². The van der Waals surface area contributed by atoms with Gasteiger partial charge in [0.05, 0.1) is 22.8 Å². The van der Waals surface area contributed by atoms with Crippen molar-refractivity contribution in [1.29, 1.82) is 5.26 Å². The first-order chi connectivity index (χ1) is 17.8. The quantitative estimate of drug-likeness (QED) is 0.297. The number of halogens is 7. The van der Waals surface area contributed by atoms with Gasteiger partial charge in [-0.05, 0) is 29.8 Å². The lowest BCUT2D eigenvalue weighted by Crippen LogP contribution is -2.51. The Hall–Kier alpha value is -4.73. The highest BCUT2D eigenvalue weighted by Crippen LogP contribution is 2.43. The van der Waals surface area contributed by atoms with E-state index in [1.54, 1.807) is 6.07 Å². The van der Waals surface area contributed by atoms with E-state index < -0.39 is 75.8 Å². The highest BCUT2D eigenvalue weighted by atomic mass is 19.4. The second-order valence-electron chi connectivity index (χ2n) is 8.13. The average Bonchev–Trinajstić information content (AvgIpc) is 3.11. The van der Waals surface area contributed by atoms with Gasteiger partial charge in [-0.1, -0.05) is 24.3 Å². The van der Waals surface area contributed by atoms with Crippen molar-refractivity contribution in [1.82, 2.24) is 4.90 Å². The zero-order valence-electron chi connectivity index (χ0n) is 18.6. The van der Waals surface area contributed by atoms with Crippen LogP contribution in [0.2, 0.25) is 0 Å². The third kappa shape index (κ3) is 4.03. The zero-order chi connectivity index (χ0) is 28.1. The van der Waals surface area contributed by atoms with Gasteiger partial charge in [-0.25, -0.2) is 17.6 Å². The summed E-state index contributed by atoms with van der Waals surface area (Å²) in [7, 11) is 0. The van der Waals surface area contributed by atoms with Crippen molar-refractivity contribution in [3.8, 4) is 6.07 Å². The molecule has 0 bridgehead atoms. The highest BCUT2D eigenvalue weighted by Gasteiger charge is 2.50. The SMILES string of the molecule is N#Cc1ccc(C(c2c(F)c(F)c(C(F)(F)F)c(F)c2F)[C@@H](C(N)=O)N2C(=O)c3ccccc3C2=O)cc1. The van der Waals surface area contributed by atoms with Crippen LogP contribution in [0.1, 0.15) is 48.9 Å². The van der Waals surface area contributed by atoms with Crippen LogP contribution in [0.4, 0.5) is 30.7 Å². The third-order valence-electron chi connectivity index (χ3n) is 6.00. The largest absolute Gasteiger partial charge is 0.422 e. The van der Waals surface area contributed by atoms with Crippen molar-refractivity contribution in [2.45, 2.75) is 18.1 Å². The molecule has 0 radical (unpaired) electrons. The van der Waals surface area contributed by atoms with E-state index in [4.69, 9.17) is 11.0 Å². The van der Waals surface area contributed by atoms with E-state index in [0.29, 0.717) is 0 Å². The first-order valence-electron chi connectivity index (χ1n) is 10.5. The van der Waals surface area contributed by atoms with Crippen molar-refractivity contribution in [2.75, 3.05) is 0 Å². The molecular formula is C25H12F7N3O3. The van der Waals surface area contributed by atoms with Gasteiger partial charge < -0.3 is 5.73 Å². The molecule has 2 atom stereocenters. The van der Waals surface area contributed by atoms with Gasteiger partial charge in [0, 0.05) is 11.5 Å². The van der Waals surface area contributed by atoms with Gasteiger partial charge in [-0.3, -0.25) is 19.3 Å². The summed E-state index contributed by atoms with van der Waals surface area (Å²) in [6.45, 7) is 0. The maximum atomic E-state index is 15.2. The Kier molecular flexibility index (Phi) is 6.44. The number of benzene rings is 3. The molecule has 6 nitrogen and oxygen atoms in total. The standard InChI is InChI=1S/C25H12F7N3O3/c26-17-15(18(27)20(29)16(19(17)28)25(30,31)32)14(11-7-5-10(9-33)6-8-11)21(22(34)36)35-23(37)12-3-1-2-4-13(12)24(35)38/h1-8,14,21H,(H2,34,36)/t14?,21-/m0/s1. The summed E-state index contributed by atoms with van der Waals surface area (Å²) in [6.07, 6.45) is -5.84. The van der Waals surface area contributed by atoms with Gasteiger partial charge >= 0.3 is 6.18 Å². The van der Waals surface area contributed by atoms with Crippen LogP contribution in [0.3, 0.4) is 0 Å². The molecule has 0 aromatic heterocycles. The Balaban J connectivity index is 2.04. The van der Waals surface area contributed by atoms with E-state index in [0.717, 1.165) is 24.3 Å². The number of alkyl halides is 3. The monoisotopic (exact) mass is 535 g/mol. The van der Waals surface area contributed by atoms with Crippen molar-refractivity contribution in [2.24, 2.45) is 5.73 Å². The van der Waals surface area contributed by atoms with Crippen molar-refractivity contribution < 1.29 is 45.1 Å². The number of nitriles is 1. The average molecular weight is 535 g/mol. The van der Waals surface area contributed by atoms with Crippen LogP contribution in [-0.2, 0) is 11.0 Å². The Morgan fingerprint density at radius 1 is 0.842 bits per heavy atom. The number of nitrogens with two attached hydrogens (primary N) is 1. The lowest BCUT2D eigenvalue weighted by molar-refractivity contribution is -0.143. The van der Waals surface area contributed by atoms with E-state index in [-0.39, 0.29) is 21.6 Å². The van der Waals surface area contributed by atoms with Crippen LogP contribution < -0.4 is 5.73 Å². The molecule has 38 heavy (non-hydrogen) atoms. The molecule has 0 saturated heterocycles. The van der Waals surface area contributed by atoms with Gasteiger partial charge in [0.15, 0.2) is 23.3 Å². The number of nitrogens with zero attached hydrogens (tertiary/aromatic N) is 2. The molecule has 2 N–H and O–H groups in total. The summed E-state index contributed by atoms with van der Waals surface area (Å²) in [4.78, 5) is 39.1. The Bertz CT molecular complexity index is 1480. The molecule has 1 unspecified atom stereocenters. The third-order valence-corrected chi connectivity index (χ3v) is 6.00. The molecule has 1 heterocycles. The number of hydrogen-bond donors (Lipinski definition) is 1. The number of hydrogen-bond acceptors (Lipinski definition) is 4. The van der Waals surface area contributed by atoms with Gasteiger partial charge in [-0.2, -0.15) is 18.4 Å². The molecular weight excluding hydrogens is 523 g/mol. The van der Waals surface area contributed by atoms with Crippen LogP contribution in [0.25, 0.3) is 0 Å². The molecule has 4 rings (SSSR count). The molecule has 0 spiro atoms. The fraction of sp³-hybridized carbons (Fsp3) is 0.120. The predicted molar refractivity (Wildman–Crippen MR) is 114 cm³/mol. The van der Waals surface area contributed by atoms with Gasteiger partial charge in [0.25, 0.3) is 11.8 Å². The lowest BCUT2D eigenvalue weighted by atomic mass is 9.82. The van der Waals surface area contributed by atoms with Crippen molar-refractivity contribution in [3.63, 3.8) is 0 Å². The summed E-state index contributed by atoms with van der Waals surface area (Å²) in [5, 5.41) is 9.04. The topological polar surface area (TPSA) is 104 Å². The molecule has 1 aliphatic heterocycles. The maximum Gasteiger partial charge on any atom is 0.422 e. The summed E-state index contributed by atoms with van der Waals surface area (Å²) >= 11 is 0. The second-order valence-corrected chi connectivity index (χ2v) is 8.13. The van der Waals surface area contributed by atoms with Crippen LogP contribution in [0.5, 0.6) is 0 Å². The van der Waals surface area contributed by atoms with E-state index >= 15 is 8.78 Å². The van der Waals surface area contributed by atoms with Gasteiger partial charge in [-0.15, -0.1) is 0 Å². The lowest BCUT2D eigenvalue weighted by Gasteiger charge is -2.32. The van der Waals surface area contributed by atoms with E-state index in [1.807, 2.05) is 0 Å². The molecule has 3 aromatic rings. The summed E-state index contributed by atoms with van der Waals surface area (Å²) in [5.41, 5.74) is -0.0246.